The normalized spacial score (nSPS) is 34.1. The third-order valence-electron chi connectivity index (χ3n) is 5.40. The highest BCUT2D eigenvalue weighted by Gasteiger charge is 2.45. The summed E-state index contributed by atoms with van der Waals surface area (Å²) in [7, 11) is 0. The van der Waals surface area contributed by atoms with Gasteiger partial charge in [0, 0.05) is 31.4 Å². The predicted molar refractivity (Wildman–Crippen MR) is 86.2 cm³/mol. The van der Waals surface area contributed by atoms with Gasteiger partial charge < -0.3 is 15.0 Å². The Balaban J connectivity index is 1.32. The predicted octanol–water partition coefficient (Wildman–Crippen LogP) is 1.17. The third-order valence-corrected chi connectivity index (χ3v) is 5.40. The van der Waals surface area contributed by atoms with E-state index in [1.54, 1.807) is 4.90 Å². The fourth-order valence-corrected chi connectivity index (χ4v) is 3.88. The van der Waals surface area contributed by atoms with Gasteiger partial charge in [0.1, 0.15) is 12.3 Å². The number of alkyl halides is 1. The molecule has 3 aliphatic rings. The van der Waals surface area contributed by atoms with E-state index in [0.717, 1.165) is 6.42 Å². The van der Waals surface area contributed by atoms with E-state index in [2.05, 4.69) is 15.3 Å². The van der Waals surface area contributed by atoms with Gasteiger partial charge in [-0.05, 0) is 31.6 Å². The van der Waals surface area contributed by atoms with Gasteiger partial charge in [-0.3, -0.25) is 14.6 Å². The molecule has 2 amide bonds. The molecule has 7 nitrogen and oxygen atoms in total. The van der Waals surface area contributed by atoms with Crippen molar-refractivity contribution in [1.29, 1.82) is 0 Å². The van der Waals surface area contributed by atoms with Gasteiger partial charge in [-0.1, -0.05) is 0 Å². The molecule has 0 aromatic carbocycles. The lowest BCUT2D eigenvalue weighted by molar-refractivity contribution is -0.145. The number of piperidine rings is 1. The Morgan fingerprint density at radius 1 is 1.28 bits per heavy atom. The van der Waals surface area contributed by atoms with Crippen LogP contribution in [0.4, 0.5) is 10.2 Å². The minimum Gasteiger partial charge on any atom is -0.363 e. The largest absolute Gasteiger partial charge is 0.363 e. The molecule has 1 aromatic heterocycles. The molecular formula is C17H21FN4O3. The fraction of sp³-hybridized carbons (Fsp3) is 0.647. The van der Waals surface area contributed by atoms with Crippen molar-refractivity contribution in [3.8, 4) is 0 Å². The Labute approximate surface area is 145 Å². The monoisotopic (exact) mass is 348 g/mol. The van der Waals surface area contributed by atoms with Gasteiger partial charge in [-0.15, -0.1) is 0 Å². The van der Waals surface area contributed by atoms with Crippen molar-refractivity contribution in [3.63, 3.8) is 0 Å². The van der Waals surface area contributed by atoms with Crippen molar-refractivity contribution in [2.45, 2.75) is 44.1 Å². The average Bonchev–Trinajstić information content (AvgIpc) is 3.02. The number of hydrogen-bond acceptors (Lipinski definition) is 5. The first-order chi connectivity index (χ1) is 12.1. The summed E-state index contributed by atoms with van der Waals surface area (Å²) in [5.74, 6) is 0.296. The molecule has 8 heteroatoms. The van der Waals surface area contributed by atoms with Crippen LogP contribution in [0.3, 0.4) is 0 Å². The van der Waals surface area contributed by atoms with Crippen molar-refractivity contribution in [3.05, 3.63) is 18.6 Å². The number of amides is 2. The number of halogens is 1. The lowest BCUT2D eigenvalue weighted by Gasteiger charge is -2.39. The number of nitrogens with zero attached hydrogens (tertiary/aromatic N) is 3. The number of carbonyl (C=O) groups is 2. The molecular weight excluding hydrogens is 327 g/mol. The van der Waals surface area contributed by atoms with Crippen LogP contribution < -0.4 is 5.32 Å². The van der Waals surface area contributed by atoms with E-state index in [1.165, 1.54) is 18.6 Å². The zero-order valence-electron chi connectivity index (χ0n) is 13.8. The molecule has 3 fully saturated rings. The SMILES string of the molecule is O=C(Nc1cnccn1)[C@@H]1C[C@H]2CCN(C(=O)C3CC(F)C3)C[C@@H]2O1. The highest BCUT2D eigenvalue weighted by molar-refractivity contribution is 5.93. The second-order valence-electron chi connectivity index (χ2n) is 7.08. The Hall–Kier alpha value is -2.09. The minimum absolute atomic E-state index is 0.0309. The van der Waals surface area contributed by atoms with Crippen LogP contribution in [0.15, 0.2) is 18.6 Å². The van der Waals surface area contributed by atoms with Crippen molar-refractivity contribution in [2.24, 2.45) is 11.8 Å². The van der Waals surface area contributed by atoms with Crippen LogP contribution in [0.25, 0.3) is 0 Å². The number of hydrogen-bond donors (Lipinski definition) is 1. The van der Waals surface area contributed by atoms with Crippen LogP contribution >= 0.6 is 0 Å². The summed E-state index contributed by atoms with van der Waals surface area (Å²) in [5, 5.41) is 2.71. The van der Waals surface area contributed by atoms with Gasteiger partial charge in [0.05, 0.1) is 12.3 Å². The van der Waals surface area contributed by atoms with Crippen LogP contribution in [-0.2, 0) is 14.3 Å². The molecule has 0 radical (unpaired) electrons. The molecule has 0 unspecified atom stereocenters. The number of ether oxygens (including phenoxy) is 1. The molecule has 3 atom stereocenters. The highest BCUT2D eigenvalue weighted by atomic mass is 19.1. The molecule has 1 N–H and O–H groups in total. The zero-order chi connectivity index (χ0) is 17.4. The molecule has 1 aliphatic carbocycles. The van der Waals surface area contributed by atoms with Gasteiger partial charge in [-0.2, -0.15) is 0 Å². The number of rotatable bonds is 3. The molecule has 25 heavy (non-hydrogen) atoms. The number of fused-ring (bicyclic) bond motifs is 1. The summed E-state index contributed by atoms with van der Waals surface area (Å²) in [6.07, 6.45) is 5.18. The number of likely N-dealkylation sites (tertiary alicyclic amines) is 1. The lowest BCUT2D eigenvalue weighted by Crippen LogP contribution is -2.50. The zero-order valence-corrected chi connectivity index (χ0v) is 13.8. The Morgan fingerprint density at radius 2 is 2.12 bits per heavy atom. The van der Waals surface area contributed by atoms with Crippen molar-refractivity contribution in [1.82, 2.24) is 14.9 Å². The summed E-state index contributed by atoms with van der Waals surface area (Å²) < 4.78 is 18.9. The molecule has 3 heterocycles. The van der Waals surface area contributed by atoms with Gasteiger partial charge in [0.2, 0.25) is 5.91 Å². The van der Waals surface area contributed by atoms with Crippen molar-refractivity contribution < 1.29 is 18.7 Å². The van der Waals surface area contributed by atoms with Crippen LogP contribution in [0, 0.1) is 11.8 Å². The summed E-state index contributed by atoms with van der Waals surface area (Å²) in [5.41, 5.74) is 0. The van der Waals surface area contributed by atoms with E-state index in [4.69, 9.17) is 4.74 Å². The number of nitrogens with one attached hydrogen (secondary N) is 1. The number of carbonyl (C=O) groups excluding carboxylic acids is 2. The summed E-state index contributed by atoms with van der Waals surface area (Å²) >= 11 is 0. The van der Waals surface area contributed by atoms with E-state index in [9.17, 15) is 14.0 Å². The lowest BCUT2D eigenvalue weighted by atomic mass is 9.81. The van der Waals surface area contributed by atoms with E-state index >= 15 is 0 Å². The smallest absolute Gasteiger partial charge is 0.254 e. The average molecular weight is 348 g/mol. The first-order valence-electron chi connectivity index (χ1n) is 8.75. The first-order valence-corrected chi connectivity index (χ1v) is 8.75. The Morgan fingerprint density at radius 3 is 2.84 bits per heavy atom. The van der Waals surface area contributed by atoms with Crippen LogP contribution in [-0.4, -0.2) is 58.2 Å². The molecule has 2 saturated heterocycles. The molecule has 1 aromatic rings. The Kier molecular flexibility index (Phi) is 4.37. The van der Waals surface area contributed by atoms with Crippen LogP contribution in [0.2, 0.25) is 0 Å². The quantitative estimate of drug-likeness (QED) is 0.886. The van der Waals surface area contributed by atoms with E-state index in [1.807, 2.05) is 0 Å². The van der Waals surface area contributed by atoms with Gasteiger partial charge in [-0.25, -0.2) is 9.37 Å². The Bertz CT molecular complexity index is 653. The van der Waals surface area contributed by atoms with Crippen LogP contribution in [0.1, 0.15) is 25.7 Å². The summed E-state index contributed by atoms with van der Waals surface area (Å²) in [4.78, 5) is 34.4. The maximum atomic E-state index is 13.0. The van der Waals surface area contributed by atoms with Gasteiger partial charge >= 0.3 is 0 Å². The van der Waals surface area contributed by atoms with E-state index in [0.29, 0.717) is 38.2 Å². The molecule has 1 saturated carbocycles. The summed E-state index contributed by atoms with van der Waals surface area (Å²) in [6, 6.07) is 0. The van der Waals surface area contributed by atoms with Crippen LogP contribution in [0.5, 0.6) is 0 Å². The van der Waals surface area contributed by atoms with E-state index in [-0.39, 0.29) is 29.8 Å². The molecule has 0 bridgehead atoms. The van der Waals surface area contributed by atoms with Crippen molar-refractivity contribution in [2.75, 3.05) is 18.4 Å². The standard InChI is InChI=1S/C17H21FN4O3/c18-12-5-11(6-12)17(24)22-4-1-10-7-13(25-14(10)9-22)16(23)21-15-8-19-2-3-20-15/h2-3,8,10-14H,1,4-7,9H2,(H,20,21,23)/t10-,11?,12?,13+,14+/m1/s1. The molecule has 0 spiro atoms. The maximum absolute atomic E-state index is 13.0. The number of anilines is 1. The highest BCUT2D eigenvalue weighted by Crippen LogP contribution is 2.36. The molecule has 2 aliphatic heterocycles. The minimum atomic E-state index is -0.830. The second-order valence-corrected chi connectivity index (χ2v) is 7.08. The van der Waals surface area contributed by atoms with Crippen molar-refractivity contribution >= 4 is 17.6 Å². The van der Waals surface area contributed by atoms with Gasteiger partial charge in [0.15, 0.2) is 5.82 Å². The topological polar surface area (TPSA) is 84.4 Å². The first kappa shape index (κ1) is 16.4. The fourth-order valence-electron chi connectivity index (χ4n) is 3.88. The molecule has 134 valence electrons. The number of aromatic nitrogens is 2. The maximum Gasteiger partial charge on any atom is 0.254 e. The second kappa shape index (κ2) is 6.67. The van der Waals surface area contributed by atoms with Gasteiger partial charge in [0.25, 0.3) is 5.91 Å². The third kappa shape index (κ3) is 3.35. The summed E-state index contributed by atoms with van der Waals surface area (Å²) in [6.45, 7) is 1.15. The van der Waals surface area contributed by atoms with E-state index < -0.39 is 12.3 Å². The molecule has 4 rings (SSSR count).